The number of nitrogens with zero attached hydrogens (tertiary/aromatic N) is 2. The van der Waals surface area contributed by atoms with E-state index < -0.39 is 0 Å². The minimum absolute atomic E-state index is 0.154. The molecule has 0 amide bonds. The SMILES string of the molecule is Cc1ccc(-c2nnc(CCNC(C)(C)C)s2)cc1C. The van der Waals surface area contributed by atoms with Gasteiger partial charge in [-0.05, 0) is 51.8 Å². The lowest BCUT2D eigenvalue weighted by molar-refractivity contribution is 0.429. The van der Waals surface area contributed by atoms with Crippen molar-refractivity contribution in [1.29, 1.82) is 0 Å². The first-order valence-corrected chi connectivity index (χ1v) is 7.82. The Hall–Kier alpha value is -1.26. The minimum atomic E-state index is 0.154. The Morgan fingerprint density at radius 3 is 2.50 bits per heavy atom. The molecule has 20 heavy (non-hydrogen) atoms. The highest BCUT2D eigenvalue weighted by atomic mass is 32.1. The molecule has 0 saturated heterocycles. The Labute approximate surface area is 125 Å². The van der Waals surface area contributed by atoms with Crippen LogP contribution in [-0.2, 0) is 6.42 Å². The zero-order chi connectivity index (χ0) is 14.8. The molecule has 2 rings (SSSR count). The summed E-state index contributed by atoms with van der Waals surface area (Å²) in [5.74, 6) is 0. The van der Waals surface area contributed by atoms with Crippen LogP contribution in [0.25, 0.3) is 10.6 Å². The molecule has 2 aromatic rings. The van der Waals surface area contributed by atoms with Crippen molar-refractivity contribution < 1.29 is 0 Å². The van der Waals surface area contributed by atoms with Crippen LogP contribution >= 0.6 is 11.3 Å². The summed E-state index contributed by atoms with van der Waals surface area (Å²) in [5.41, 5.74) is 3.93. The summed E-state index contributed by atoms with van der Waals surface area (Å²) >= 11 is 1.69. The third kappa shape index (κ3) is 4.12. The van der Waals surface area contributed by atoms with Crippen LogP contribution in [-0.4, -0.2) is 22.3 Å². The fourth-order valence-electron chi connectivity index (χ4n) is 1.89. The second-order valence-corrected chi connectivity index (χ2v) is 7.29. The van der Waals surface area contributed by atoms with E-state index in [2.05, 4.69) is 68.3 Å². The van der Waals surface area contributed by atoms with Gasteiger partial charge in [0, 0.05) is 24.1 Å². The summed E-state index contributed by atoms with van der Waals surface area (Å²) in [7, 11) is 0. The molecule has 0 saturated carbocycles. The molecule has 0 spiro atoms. The Bertz CT molecular complexity index is 582. The third-order valence-electron chi connectivity index (χ3n) is 3.21. The highest BCUT2D eigenvalue weighted by Crippen LogP contribution is 2.25. The molecule has 0 fully saturated rings. The molecule has 0 aliphatic heterocycles. The van der Waals surface area contributed by atoms with Crippen molar-refractivity contribution in [1.82, 2.24) is 15.5 Å². The Kier molecular flexibility index (Phi) is 4.55. The molecule has 3 nitrogen and oxygen atoms in total. The number of aromatic nitrogens is 2. The standard InChI is InChI=1S/C16H23N3S/c1-11-6-7-13(10-12(11)2)15-19-18-14(20-15)8-9-17-16(3,4)5/h6-7,10,17H,8-9H2,1-5H3. The van der Waals surface area contributed by atoms with Gasteiger partial charge in [-0.3, -0.25) is 0 Å². The average Bonchev–Trinajstić information content (AvgIpc) is 2.80. The van der Waals surface area contributed by atoms with E-state index in [-0.39, 0.29) is 5.54 Å². The molecule has 1 aromatic carbocycles. The van der Waals surface area contributed by atoms with Gasteiger partial charge in [0.25, 0.3) is 0 Å². The van der Waals surface area contributed by atoms with Crippen molar-refractivity contribution in [3.8, 4) is 10.6 Å². The first-order valence-electron chi connectivity index (χ1n) is 7.00. The van der Waals surface area contributed by atoms with Crippen molar-refractivity contribution in [2.45, 2.75) is 46.6 Å². The van der Waals surface area contributed by atoms with Crippen molar-refractivity contribution in [2.24, 2.45) is 0 Å². The van der Waals surface area contributed by atoms with Gasteiger partial charge in [-0.1, -0.05) is 23.5 Å². The summed E-state index contributed by atoms with van der Waals surface area (Å²) in [5, 5.41) is 14.2. The first-order chi connectivity index (χ1) is 9.35. The summed E-state index contributed by atoms with van der Waals surface area (Å²) in [6.07, 6.45) is 0.930. The molecule has 0 unspecified atom stereocenters. The van der Waals surface area contributed by atoms with E-state index in [4.69, 9.17) is 0 Å². The topological polar surface area (TPSA) is 37.8 Å². The van der Waals surface area contributed by atoms with E-state index in [1.807, 2.05) is 0 Å². The Morgan fingerprint density at radius 2 is 1.85 bits per heavy atom. The van der Waals surface area contributed by atoms with Gasteiger partial charge in [-0.15, -0.1) is 10.2 Å². The maximum atomic E-state index is 4.31. The lowest BCUT2D eigenvalue weighted by atomic mass is 10.1. The highest BCUT2D eigenvalue weighted by Gasteiger charge is 2.10. The van der Waals surface area contributed by atoms with Gasteiger partial charge < -0.3 is 5.32 Å². The predicted octanol–water partition coefficient (Wildman–Crippen LogP) is 3.75. The summed E-state index contributed by atoms with van der Waals surface area (Å²) in [6, 6.07) is 6.46. The van der Waals surface area contributed by atoms with Crippen LogP contribution in [0.2, 0.25) is 0 Å². The molecular weight excluding hydrogens is 266 g/mol. The van der Waals surface area contributed by atoms with Crippen molar-refractivity contribution in [3.63, 3.8) is 0 Å². The second kappa shape index (κ2) is 6.02. The number of aryl methyl sites for hydroxylation is 2. The number of nitrogens with one attached hydrogen (secondary N) is 1. The fraction of sp³-hybridized carbons (Fsp3) is 0.500. The summed E-state index contributed by atoms with van der Waals surface area (Å²) < 4.78 is 0. The van der Waals surface area contributed by atoms with E-state index in [0.717, 1.165) is 23.0 Å². The van der Waals surface area contributed by atoms with Gasteiger partial charge in [-0.25, -0.2) is 0 Å². The molecule has 1 aromatic heterocycles. The zero-order valence-corrected chi connectivity index (χ0v) is 13.8. The average molecular weight is 289 g/mol. The van der Waals surface area contributed by atoms with Gasteiger partial charge in [0.2, 0.25) is 0 Å². The number of hydrogen-bond donors (Lipinski definition) is 1. The van der Waals surface area contributed by atoms with E-state index in [1.54, 1.807) is 11.3 Å². The largest absolute Gasteiger partial charge is 0.312 e. The van der Waals surface area contributed by atoms with Crippen molar-refractivity contribution >= 4 is 11.3 Å². The Morgan fingerprint density at radius 1 is 1.10 bits per heavy atom. The van der Waals surface area contributed by atoms with Crippen LogP contribution in [0.5, 0.6) is 0 Å². The predicted molar refractivity (Wildman–Crippen MR) is 86.3 cm³/mol. The third-order valence-corrected chi connectivity index (χ3v) is 4.25. The van der Waals surface area contributed by atoms with Crippen molar-refractivity contribution in [3.05, 3.63) is 34.3 Å². The lowest BCUT2D eigenvalue weighted by Gasteiger charge is -2.19. The Balaban J connectivity index is 2.03. The molecule has 0 atom stereocenters. The number of rotatable bonds is 4. The molecular formula is C16H23N3S. The van der Waals surface area contributed by atoms with E-state index in [1.165, 1.54) is 16.7 Å². The lowest BCUT2D eigenvalue weighted by Crippen LogP contribution is -2.37. The molecule has 108 valence electrons. The van der Waals surface area contributed by atoms with Gasteiger partial charge in [-0.2, -0.15) is 0 Å². The molecule has 4 heteroatoms. The van der Waals surface area contributed by atoms with Crippen LogP contribution in [0.1, 0.15) is 36.9 Å². The van der Waals surface area contributed by atoms with Gasteiger partial charge in [0.1, 0.15) is 10.0 Å². The second-order valence-electron chi connectivity index (χ2n) is 6.23. The van der Waals surface area contributed by atoms with Crippen molar-refractivity contribution in [2.75, 3.05) is 6.54 Å². The van der Waals surface area contributed by atoms with E-state index in [0.29, 0.717) is 0 Å². The van der Waals surface area contributed by atoms with Gasteiger partial charge in [0.15, 0.2) is 0 Å². The smallest absolute Gasteiger partial charge is 0.147 e. The van der Waals surface area contributed by atoms with E-state index >= 15 is 0 Å². The van der Waals surface area contributed by atoms with E-state index in [9.17, 15) is 0 Å². The van der Waals surface area contributed by atoms with Crippen LogP contribution in [0.3, 0.4) is 0 Å². The van der Waals surface area contributed by atoms with Crippen LogP contribution in [0, 0.1) is 13.8 Å². The van der Waals surface area contributed by atoms with Crippen LogP contribution in [0.15, 0.2) is 18.2 Å². The maximum Gasteiger partial charge on any atom is 0.147 e. The quantitative estimate of drug-likeness (QED) is 0.931. The number of hydrogen-bond acceptors (Lipinski definition) is 4. The normalized spacial score (nSPS) is 11.8. The fourth-order valence-corrected chi connectivity index (χ4v) is 2.73. The molecule has 0 radical (unpaired) electrons. The monoisotopic (exact) mass is 289 g/mol. The number of benzene rings is 1. The minimum Gasteiger partial charge on any atom is -0.312 e. The molecule has 1 heterocycles. The molecule has 0 aliphatic carbocycles. The highest BCUT2D eigenvalue weighted by molar-refractivity contribution is 7.14. The van der Waals surface area contributed by atoms with Gasteiger partial charge in [0.05, 0.1) is 0 Å². The van der Waals surface area contributed by atoms with Gasteiger partial charge >= 0.3 is 0 Å². The first kappa shape index (κ1) is 15.1. The summed E-state index contributed by atoms with van der Waals surface area (Å²) in [4.78, 5) is 0. The van der Waals surface area contributed by atoms with Crippen LogP contribution < -0.4 is 5.32 Å². The maximum absolute atomic E-state index is 4.31. The molecule has 1 N–H and O–H groups in total. The van der Waals surface area contributed by atoms with Crippen LogP contribution in [0.4, 0.5) is 0 Å². The molecule has 0 aliphatic rings. The summed E-state index contributed by atoms with van der Waals surface area (Å²) in [6.45, 7) is 11.7. The zero-order valence-electron chi connectivity index (χ0n) is 12.9. The molecule has 0 bridgehead atoms.